The highest BCUT2D eigenvalue weighted by atomic mass is 79.9. The standard InChI is InChI=1S/C17H25BrN2O/c1-20(10-14-4-2-3-5-16(14)18)12-17(8-9-21-13-17)11-19-15-6-7-15/h2-5,15,19H,6-13H2,1H3. The Balaban J connectivity index is 1.58. The van der Waals surface area contributed by atoms with Crippen molar-refractivity contribution in [1.29, 1.82) is 0 Å². The molecule has 1 heterocycles. The van der Waals surface area contributed by atoms with Gasteiger partial charge in [-0.2, -0.15) is 0 Å². The molecule has 1 aromatic rings. The van der Waals surface area contributed by atoms with E-state index in [4.69, 9.17) is 4.74 Å². The normalized spacial score (nSPS) is 25.7. The lowest BCUT2D eigenvalue weighted by Gasteiger charge is -2.33. The minimum Gasteiger partial charge on any atom is -0.381 e. The smallest absolute Gasteiger partial charge is 0.0547 e. The Morgan fingerprint density at radius 2 is 2.19 bits per heavy atom. The molecule has 1 atom stereocenters. The van der Waals surface area contributed by atoms with Crippen LogP contribution in [0.2, 0.25) is 0 Å². The lowest BCUT2D eigenvalue weighted by molar-refractivity contribution is 0.116. The van der Waals surface area contributed by atoms with Crippen LogP contribution in [0.4, 0.5) is 0 Å². The Morgan fingerprint density at radius 1 is 1.38 bits per heavy atom. The molecule has 1 aliphatic carbocycles. The van der Waals surface area contributed by atoms with Crippen molar-refractivity contribution in [2.75, 3.05) is 33.4 Å². The maximum Gasteiger partial charge on any atom is 0.0547 e. The molecule has 21 heavy (non-hydrogen) atoms. The van der Waals surface area contributed by atoms with E-state index in [0.29, 0.717) is 5.41 Å². The van der Waals surface area contributed by atoms with Crippen LogP contribution >= 0.6 is 15.9 Å². The second-order valence-electron chi connectivity index (χ2n) is 6.72. The molecule has 1 N–H and O–H groups in total. The van der Waals surface area contributed by atoms with Crippen molar-refractivity contribution in [2.45, 2.75) is 31.8 Å². The van der Waals surface area contributed by atoms with Crippen LogP contribution in [0, 0.1) is 5.41 Å². The zero-order chi connectivity index (χ0) is 14.7. The van der Waals surface area contributed by atoms with Crippen LogP contribution in [0.1, 0.15) is 24.8 Å². The molecule has 0 bridgehead atoms. The van der Waals surface area contributed by atoms with E-state index in [-0.39, 0.29) is 0 Å². The first-order chi connectivity index (χ1) is 10.2. The fourth-order valence-corrected chi connectivity index (χ4v) is 3.57. The fourth-order valence-electron chi connectivity index (χ4n) is 3.16. The molecule has 0 amide bonds. The molecule has 2 fully saturated rings. The van der Waals surface area contributed by atoms with E-state index in [9.17, 15) is 0 Å². The number of rotatable bonds is 7. The first-order valence-electron chi connectivity index (χ1n) is 7.90. The third-order valence-corrected chi connectivity index (χ3v) is 5.31. The molecule has 2 aliphatic rings. The summed E-state index contributed by atoms with van der Waals surface area (Å²) in [6.45, 7) is 4.97. The van der Waals surface area contributed by atoms with Gasteiger partial charge in [-0.1, -0.05) is 34.1 Å². The van der Waals surface area contributed by atoms with Gasteiger partial charge in [0, 0.05) is 42.2 Å². The van der Waals surface area contributed by atoms with Gasteiger partial charge < -0.3 is 15.0 Å². The van der Waals surface area contributed by atoms with Gasteiger partial charge in [0.05, 0.1) is 6.61 Å². The molecule has 3 nitrogen and oxygen atoms in total. The molecule has 1 aliphatic heterocycles. The predicted molar refractivity (Wildman–Crippen MR) is 89.4 cm³/mol. The van der Waals surface area contributed by atoms with Gasteiger partial charge in [-0.15, -0.1) is 0 Å². The predicted octanol–water partition coefficient (Wildman–Crippen LogP) is 3.04. The number of nitrogens with one attached hydrogen (secondary N) is 1. The molecule has 0 spiro atoms. The molecule has 0 radical (unpaired) electrons. The summed E-state index contributed by atoms with van der Waals surface area (Å²) in [7, 11) is 2.22. The molecule has 1 saturated heterocycles. The van der Waals surface area contributed by atoms with E-state index in [0.717, 1.165) is 38.9 Å². The monoisotopic (exact) mass is 352 g/mol. The highest BCUT2D eigenvalue weighted by Gasteiger charge is 2.37. The second kappa shape index (κ2) is 6.78. The van der Waals surface area contributed by atoms with Crippen molar-refractivity contribution < 1.29 is 4.74 Å². The topological polar surface area (TPSA) is 24.5 Å². The summed E-state index contributed by atoms with van der Waals surface area (Å²) < 4.78 is 6.91. The first kappa shape index (κ1) is 15.5. The number of halogens is 1. The molecule has 1 saturated carbocycles. The van der Waals surface area contributed by atoms with Crippen LogP contribution in [0.3, 0.4) is 0 Å². The molecule has 116 valence electrons. The SMILES string of the molecule is CN(Cc1ccccc1Br)CC1(CNC2CC2)CCOC1. The Morgan fingerprint density at radius 3 is 2.86 bits per heavy atom. The quantitative estimate of drug-likeness (QED) is 0.816. The van der Waals surface area contributed by atoms with Crippen LogP contribution in [-0.2, 0) is 11.3 Å². The maximum absolute atomic E-state index is 5.71. The van der Waals surface area contributed by atoms with Crippen LogP contribution in [0.15, 0.2) is 28.7 Å². The van der Waals surface area contributed by atoms with E-state index in [1.54, 1.807) is 0 Å². The van der Waals surface area contributed by atoms with Crippen molar-refractivity contribution in [3.05, 3.63) is 34.3 Å². The number of benzene rings is 1. The Kier molecular flexibility index (Phi) is 4.99. The van der Waals surface area contributed by atoms with Crippen LogP contribution in [-0.4, -0.2) is 44.3 Å². The van der Waals surface area contributed by atoms with Gasteiger partial charge in [0.15, 0.2) is 0 Å². The van der Waals surface area contributed by atoms with Gasteiger partial charge in [-0.05, 0) is 37.9 Å². The summed E-state index contributed by atoms with van der Waals surface area (Å²) in [6.07, 6.45) is 3.88. The highest BCUT2D eigenvalue weighted by molar-refractivity contribution is 9.10. The molecule has 3 rings (SSSR count). The lowest BCUT2D eigenvalue weighted by atomic mass is 9.86. The number of hydrogen-bond donors (Lipinski definition) is 1. The van der Waals surface area contributed by atoms with E-state index < -0.39 is 0 Å². The van der Waals surface area contributed by atoms with Crippen molar-refractivity contribution in [3.63, 3.8) is 0 Å². The molecule has 4 heteroatoms. The van der Waals surface area contributed by atoms with E-state index in [1.165, 1.54) is 29.3 Å². The largest absolute Gasteiger partial charge is 0.381 e. The molecule has 1 unspecified atom stereocenters. The third-order valence-electron chi connectivity index (χ3n) is 4.53. The van der Waals surface area contributed by atoms with Gasteiger partial charge >= 0.3 is 0 Å². The van der Waals surface area contributed by atoms with E-state index in [1.807, 2.05) is 0 Å². The average molecular weight is 353 g/mol. The van der Waals surface area contributed by atoms with Crippen LogP contribution in [0.25, 0.3) is 0 Å². The zero-order valence-electron chi connectivity index (χ0n) is 12.8. The third kappa shape index (κ3) is 4.28. The lowest BCUT2D eigenvalue weighted by Crippen LogP contribution is -2.44. The Labute approximate surface area is 136 Å². The van der Waals surface area contributed by atoms with Gasteiger partial charge in [0.1, 0.15) is 0 Å². The van der Waals surface area contributed by atoms with Gasteiger partial charge in [0.2, 0.25) is 0 Å². The Bertz CT molecular complexity index is 470. The summed E-state index contributed by atoms with van der Waals surface area (Å²) in [4.78, 5) is 2.43. The summed E-state index contributed by atoms with van der Waals surface area (Å²) >= 11 is 3.65. The van der Waals surface area contributed by atoms with Crippen LogP contribution < -0.4 is 5.32 Å². The maximum atomic E-state index is 5.71. The van der Waals surface area contributed by atoms with Gasteiger partial charge in [-0.25, -0.2) is 0 Å². The first-order valence-corrected chi connectivity index (χ1v) is 8.69. The minimum absolute atomic E-state index is 0.290. The molecule has 1 aromatic carbocycles. The van der Waals surface area contributed by atoms with E-state index in [2.05, 4.69) is 57.5 Å². The van der Waals surface area contributed by atoms with Crippen molar-refractivity contribution in [3.8, 4) is 0 Å². The summed E-state index contributed by atoms with van der Waals surface area (Å²) in [5, 5.41) is 3.70. The van der Waals surface area contributed by atoms with Gasteiger partial charge in [-0.3, -0.25) is 0 Å². The number of hydrogen-bond acceptors (Lipinski definition) is 3. The zero-order valence-corrected chi connectivity index (χ0v) is 14.4. The summed E-state index contributed by atoms with van der Waals surface area (Å²) in [6, 6.07) is 9.26. The van der Waals surface area contributed by atoms with Crippen molar-refractivity contribution >= 4 is 15.9 Å². The van der Waals surface area contributed by atoms with Crippen molar-refractivity contribution in [2.24, 2.45) is 5.41 Å². The highest BCUT2D eigenvalue weighted by Crippen LogP contribution is 2.31. The Hall–Kier alpha value is -0.420. The number of nitrogens with zero attached hydrogens (tertiary/aromatic N) is 1. The summed E-state index contributed by atoms with van der Waals surface area (Å²) in [5.41, 5.74) is 1.64. The number of ether oxygens (including phenoxy) is 1. The minimum atomic E-state index is 0.290. The fraction of sp³-hybridized carbons (Fsp3) is 0.647. The van der Waals surface area contributed by atoms with Crippen LogP contribution in [0.5, 0.6) is 0 Å². The average Bonchev–Trinajstić information content (AvgIpc) is 3.19. The summed E-state index contributed by atoms with van der Waals surface area (Å²) in [5.74, 6) is 0. The van der Waals surface area contributed by atoms with Gasteiger partial charge in [0.25, 0.3) is 0 Å². The second-order valence-corrected chi connectivity index (χ2v) is 7.58. The molecular formula is C17H25BrN2O. The van der Waals surface area contributed by atoms with E-state index >= 15 is 0 Å². The molecular weight excluding hydrogens is 328 g/mol. The molecule has 0 aromatic heterocycles. The van der Waals surface area contributed by atoms with Crippen molar-refractivity contribution in [1.82, 2.24) is 10.2 Å².